The number of azo groups is 2. The van der Waals surface area contributed by atoms with Crippen LogP contribution in [0.2, 0.25) is 0 Å². The molecule has 0 radical (unpaired) electrons. The summed E-state index contributed by atoms with van der Waals surface area (Å²) < 4.78 is 38.6. The van der Waals surface area contributed by atoms with Crippen LogP contribution in [0.15, 0.2) is 103 Å². The number of benzene rings is 4. The van der Waals surface area contributed by atoms with E-state index < -0.39 is 20.8 Å². The Hall–Kier alpha value is -3.92. The zero-order valence-corrected chi connectivity index (χ0v) is 19.7. The van der Waals surface area contributed by atoms with E-state index in [9.17, 15) is 18.1 Å². The summed E-state index contributed by atoms with van der Waals surface area (Å²) >= 11 is 0.461. The van der Waals surface area contributed by atoms with Crippen molar-refractivity contribution in [2.24, 2.45) is 20.5 Å². The largest absolute Gasteiger partial charge is 0.505 e. The quantitative estimate of drug-likeness (QED) is 0.0486. The van der Waals surface area contributed by atoms with Crippen LogP contribution in [0.3, 0.4) is 0 Å². The summed E-state index contributed by atoms with van der Waals surface area (Å²) in [5, 5.41) is 39.4. The number of nitrogens with two attached hydrogens (primary N) is 1. The molecule has 5 N–H and O–H groups in total. The van der Waals surface area contributed by atoms with Crippen LogP contribution in [-0.4, -0.2) is 23.3 Å². The van der Waals surface area contributed by atoms with Crippen molar-refractivity contribution in [2.45, 2.75) is 9.79 Å². The molecule has 0 atom stereocenters. The van der Waals surface area contributed by atoms with Gasteiger partial charge in [0, 0.05) is 0 Å². The van der Waals surface area contributed by atoms with Gasteiger partial charge >= 0.3 is 0 Å². The van der Waals surface area contributed by atoms with Crippen LogP contribution in [0.1, 0.15) is 0 Å². The van der Waals surface area contributed by atoms with Gasteiger partial charge < -0.3 is 10.8 Å². The highest BCUT2D eigenvalue weighted by atomic mass is 32.2. The highest BCUT2D eigenvalue weighted by Crippen LogP contribution is 2.49. The number of aromatic hydroxyl groups is 1. The molecule has 0 saturated carbocycles. The van der Waals surface area contributed by atoms with Crippen LogP contribution in [0.4, 0.5) is 28.4 Å². The van der Waals surface area contributed by atoms with E-state index in [4.69, 9.17) is 11.0 Å². The molecule has 14 heteroatoms. The van der Waals surface area contributed by atoms with Crippen molar-refractivity contribution in [3.63, 3.8) is 0 Å². The molecule has 0 aliphatic rings. The van der Waals surface area contributed by atoms with Gasteiger partial charge in [0.15, 0.2) is 5.75 Å². The highest BCUT2D eigenvalue weighted by Gasteiger charge is 2.25. The normalized spacial score (nSPS) is 12.2. The predicted octanol–water partition coefficient (Wildman–Crippen LogP) is 6.63. The Morgan fingerprint density at radius 1 is 0.833 bits per heavy atom. The minimum absolute atomic E-state index is 0.0271. The molecular formula is C22H17N5O7S2. The van der Waals surface area contributed by atoms with Crippen molar-refractivity contribution >= 4 is 61.4 Å². The van der Waals surface area contributed by atoms with Crippen LogP contribution in [0, 0.1) is 0 Å². The molecule has 0 fully saturated rings. The minimum atomic E-state index is -4.81. The zero-order chi connectivity index (χ0) is 25.7. The fourth-order valence-corrected chi connectivity index (χ4v) is 4.39. The number of hydrogen-bond acceptors (Lipinski definition) is 12. The second-order valence-electron chi connectivity index (χ2n) is 7.08. The van der Waals surface area contributed by atoms with Crippen molar-refractivity contribution < 1.29 is 32.7 Å². The molecule has 184 valence electrons. The van der Waals surface area contributed by atoms with Gasteiger partial charge in [-0.1, -0.05) is 41.4 Å². The number of phenols is 1. The summed E-state index contributed by atoms with van der Waals surface area (Å²) in [7, 11) is -4.81. The van der Waals surface area contributed by atoms with Crippen molar-refractivity contribution in [1.29, 1.82) is 0 Å². The van der Waals surface area contributed by atoms with E-state index in [1.165, 1.54) is 6.07 Å². The third-order valence-electron chi connectivity index (χ3n) is 4.79. The molecule has 4 aromatic rings. The Kier molecular flexibility index (Phi) is 7.54. The lowest BCUT2D eigenvalue weighted by Crippen LogP contribution is -2.02. The van der Waals surface area contributed by atoms with Crippen LogP contribution in [0.25, 0.3) is 10.8 Å². The maximum Gasteiger partial charge on any atom is 0.296 e. The van der Waals surface area contributed by atoms with Crippen molar-refractivity contribution in [2.75, 3.05) is 5.73 Å². The van der Waals surface area contributed by atoms with E-state index in [2.05, 4.69) is 29.8 Å². The molecule has 0 saturated heterocycles. The second kappa shape index (κ2) is 10.8. The summed E-state index contributed by atoms with van der Waals surface area (Å²) in [6.45, 7) is 0. The second-order valence-corrected chi connectivity index (χ2v) is 9.21. The summed E-state index contributed by atoms with van der Waals surface area (Å²) in [6.07, 6.45) is 0. The Balaban J connectivity index is 1.96. The number of fused-ring (bicyclic) bond motifs is 1. The van der Waals surface area contributed by atoms with Crippen molar-refractivity contribution in [3.8, 4) is 5.75 Å². The molecule has 0 bridgehead atoms. The van der Waals surface area contributed by atoms with E-state index >= 15 is 0 Å². The number of nitrogen functional groups attached to an aromatic ring is 1. The van der Waals surface area contributed by atoms with Crippen LogP contribution < -0.4 is 5.73 Å². The van der Waals surface area contributed by atoms with E-state index in [-0.39, 0.29) is 32.7 Å². The smallest absolute Gasteiger partial charge is 0.296 e. The lowest BCUT2D eigenvalue weighted by molar-refractivity contribution is -0.432. The Morgan fingerprint density at radius 2 is 1.39 bits per heavy atom. The third kappa shape index (κ3) is 5.49. The number of nitrogens with zero attached hydrogens (tertiary/aromatic N) is 4. The summed E-state index contributed by atoms with van der Waals surface area (Å²) in [6, 6.07) is 19.5. The standard InChI is InChI=1S/C22H17N5O7S2/c23-19-18-13(12-17(36(30,31)32)21(19)27-25-15-9-5-2-6-10-15)11-16(35-34-33-29)20(22(18)28)26-24-14-7-3-1-4-8-14/h1-12,28-29H,23H2,(H,30,31,32). The molecule has 0 aliphatic carbocycles. The van der Waals surface area contributed by atoms with Gasteiger partial charge in [0.2, 0.25) is 0 Å². The van der Waals surface area contributed by atoms with E-state index in [0.717, 1.165) is 6.07 Å². The molecule has 0 spiro atoms. The molecule has 0 heterocycles. The zero-order valence-electron chi connectivity index (χ0n) is 18.1. The van der Waals surface area contributed by atoms with Gasteiger partial charge in [-0.25, -0.2) is 5.26 Å². The summed E-state index contributed by atoms with van der Waals surface area (Å²) in [5.41, 5.74) is 6.32. The molecule has 36 heavy (non-hydrogen) atoms. The van der Waals surface area contributed by atoms with Gasteiger partial charge in [-0.05, 0) is 41.8 Å². The molecular weight excluding hydrogens is 510 g/mol. The van der Waals surface area contributed by atoms with Crippen molar-refractivity contribution in [1.82, 2.24) is 0 Å². The van der Waals surface area contributed by atoms with Gasteiger partial charge in [-0.3, -0.25) is 4.55 Å². The van der Waals surface area contributed by atoms with Gasteiger partial charge in [-0.15, -0.1) is 14.6 Å². The Bertz CT molecular complexity index is 1570. The predicted molar refractivity (Wildman–Crippen MR) is 132 cm³/mol. The first-order valence-corrected chi connectivity index (χ1v) is 12.2. The first-order chi connectivity index (χ1) is 17.3. The number of rotatable bonds is 8. The lowest BCUT2D eigenvalue weighted by atomic mass is 10.1. The first kappa shape index (κ1) is 25.2. The molecule has 12 nitrogen and oxygen atoms in total. The van der Waals surface area contributed by atoms with Gasteiger partial charge in [0.25, 0.3) is 10.1 Å². The van der Waals surface area contributed by atoms with E-state index in [1.54, 1.807) is 60.7 Å². The fraction of sp³-hybridized carbons (Fsp3) is 0. The topological polar surface area (TPSA) is 189 Å². The van der Waals surface area contributed by atoms with Crippen LogP contribution >= 0.6 is 12.0 Å². The van der Waals surface area contributed by atoms with Gasteiger partial charge in [0.05, 0.1) is 39.4 Å². The molecule has 0 unspecified atom stereocenters. The molecule has 4 aromatic carbocycles. The third-order valence-corrected chi connectivity index (χ3v) is 6.28. The Morgan fingerprint density at radius 3 is 1.92 bits per heavy atom. The average molecular weight is 528 g/mol. The number of anilines is 1. The summed E-state index contributed by atoms with van der Waals surface area (Å²) in [4.78, 5) is -0.561. The van der Waals surface area contributed by atoms with Crippen molar-refractivity contribution in [3.05, 3.63) is 72.8 Å². The lowest BCUT2D eigenvalue weighted by Gasteiger charge is -2.14. The Labute approximate surface area is 208 Å². The average Bonchev–Trinajstić information content (AvgIpc) is 2.86. The molecule has 4 rings (SSSR count). The highest BCUT2D eigenvalue weighted by molar-refractivity contribution is 7.94. The summed E-state index contributed by atoms with van der Waals surface area (Å²) in [5.74, 6) is -0.494. The molecule has 0 aromatic heterocycles. The van der Waals surface area contributed by atoms with E-state index in [0.29, 0.717) is 23.4 Å². The maximum absolute atomic E-state index is 12.1. The number of hydrogen-bond donors (Lipinski definition) is 4. The van der Waals surface area contributed by atoms with Crippen LogP contribution in [0.5, 0.6) is 5.75 Å². The van der Waals surface area contributed by atoms with Gasteiger partial charge in [0.1, 0.15) is 16.3 Å². The van der Waals surface area contributed by atoms with Crippen LogP contribution in [-0.2, 0) is 19.5 Å². The maximum atomic E-state index is 12.1. The van der Waals surface area contributed by atoms with E-state index in [1.807, 2.05) is 0 Å². The minimum Gasteiger partial charge on any atom is -0.505 e. The van der Waals surface area contributed by atoms with Gasteiger partial charge in [-0.2, -0.15) is 18.6 Å². The molecule has 0 aliphatic heterocycles. The first-order valence-electron chi connectivity index (χ1n) is 9.97. The SMILES string of the molecule is Nc1c(N=Nc2ccccc2)c(S(=O)(=O)O)cc2cc(SOOO)c(N=Nc3ccccc3)c(O)c12. The monoisotopic (exact) mass is 527 g/mol. The fourth-order valence-electron chi connectivity index (χ4n) is 3.23. The number of phenolic OH excluding ortho intramolecular Hbond substituents is 1. The molecule has 0 amide bonds.